The lowest BCUT2D eigenvalue weighted by Gasteiger charge is -2.09. The van der Waals surface area contributed by atoms with Crippen LogP contribution >= 0.6 is 0 Å². The van der Waals surface area contributed by atoms with E-state index in [1.807, 2.05) is 6.07 Å². The molecule has 5 rings (SSSR count). The van der Waals surface area contributed by atoms with Crippen molar-refractivity contribution in [2.45, 2.75) is 31.9 Å². The Morgan fingerprint density at radius 2 is 2.10 bits per heavy atom. The van der Waals surface area contributed by atoms with Crippen LogP contribution in [-0.4, -0.2) is 36.1 Å². The van der Waals surface area contributed by atoms with Crippen LogP contribution in [0.25, 0.3) is 11.0 Å². The molecular formula is C21H19N7O3. The molecule has 1 saturated heterocycles. The van der Waals surface area contributed by atoms with Gasteiger partial charge in [0.1, 0.15) is 18.1 Å². The van der Waals surface area contributed by atoms with E-state index < -0.39 is 0 Å². The van der Waals surface area contributed by atoms with Gasteiger partial charge in [-0.1, -0.05) is 35.0 Å². The molecule has 1 fully saturated rings. The second kappa shape index (κ2) is 7.45. The SMILES string of the molecule is Cc1ccc([C@H]2C[C@H](c3noc(Cn4nc(C#N)c5ncn(C)c(=O)c54)n3)CO2)cc1. The predicted molar refractivity (Wildman–Crippen MR) is 108 cm³/mol. The fourth-order valence-corrected chi connectivity index (χ4v) is 3.79. The van der Waals surface area contributed by atoms with Crippen molar-refractivity contribution in [1.82, 2.24) is 29.5 Å². The fourth-order valence-electron chi connectivity index (χ4n) is 3.79. The number of nitrogens with zero attached hydrogens (tertiary/aromatic N) is 7. The third-order valence-electron chi connectivity index (χ3n) is 5.50. The average Bonchev–Trinajstić information content (AvgIpc) is 3.50. The van der Waals surface area contributed by atoms with Gasteiger partial charge in [0.25, 0.3) is 5.56 Å². The molecule has 0 saturated carbocycles. The summed E-state index contributed by atoms with van der Waals surface area (Å²) in [5.41, 5.74) is 2.60. The van der Waals surface area contributed by atoms with Crippen molar-refractivity contribution in [3.63, 3.8) is 0 Å². The number of benzene rings is 1. The summed E-state index contributed by atoms with van der Waals surface area (Å²) < 4.78 is 14.1. The summed E-state index contributed by atoms with van der Waals surface area (Å²) in [6.07, 6.45) is 2.12. The molecule has 4 aromatic rings. The maximum absolute atomic E-state index is 12.5. The Kier molecular flexibility index (Phi) is 4.60. The maximum atomic E-state index is 12.5. The average molecular weight is 417 g/mol. The first kappa shape index (κ1) is 19.1. The van der Waals surface area contributed by atoms with Gasteiger partial charge >= 0.3 is 0 Å². The zero-order valence-electron chi connectivity index (χ0n) is 17.0. The van der Waals surface area contributed by atoms with Crippen LogP contribution in [0.3, 0.4) is 0 Å². The van der Waals surface area contributed by atoms with Gasteiger partial charge in [0.05, 0.1) is 19.0 Å². The van der Waals surface area contributed by atoms with E-state index in [-0.39, 0.29) is 40.9 Å². The molecule has 10 heteroatoms. The van der Waals surface area contributed by atoms with Gasteiger partial charge in [0.2, 0.25) is 5.89 Å². The van der Waals surface area contributed by atoms with Gasteiger partial charge in [0.15, 0.2) is 17.0 Å². The van der Waals surface area contributed by atoms with Crippen LogP contribution < -0.4 is 5.56 Å². The van der Waals surface area contributed by atoms with Crippen molar-refractivity contribution in [1.29, 1.82) is 5.26 Å². The summed E-state index contributed by atoms with van der Waals surface area (Å²) in [6, 6.07) is 10.3. The highest BCUT2D eigenvalue weighted by atomic mass is 16.5. The molecule has 0 aliphatic carbocycles. The van der Waals surface area contributed by atoms with E-state index >= 15 is 0 Å². The molecule has 156 valence electrons. The summed E-state index contributed by atoms with van der Waals surface area (Å²) in [6.45, 7) is 2.63. The minimum absolute atomic E-state index is 0.00473. The Bertz CT molecular complexity index is 1360. The van der Waals surface area contributed by atoms with Gasteiger partial charge in [-0.05, 0) is 18.9 Å². The van der Waals surface area contributed by atoms with Gasteiger partial charge in [-0.25, -0.2) is 9.67 Å². The number of hydrogen-bond acceptors (Lipinski definition) is 8. The molecule has 3 aromatic heterocycles. The van der Waals surface area contributed by atoms with Crippen molar-refractivity contribution < 1.29 is 9.26 Å². The van der Waals surface area contributed by atoms with E-state index in [0.717, 1.165) is 12.0 Å². The van der Waals surface area contributed by atoms with Crippen LogP contribution in [0.4, 0.5) is 0 Å². The second-order valence-electron chi connectivity index (χ2n) is 7.69. The Labute approximate surface area is 176 Å². The molecule has 0 radical (unpaired) electrons. The zero-order valence-corrected chi connectivity index (χ0v) is 17.0. The number of aromatic nitrogens is 6. The van der Waals surface area contributed by atoms with Crippen LogP contribution in [0.2, 0.25) is 0 Å². The van der Waals surface area contributed by atoms with E-state index in [2.05, 4.69) is 51.4 Å². The van der Waals surface area contributed by atoms with Crippen molar-refractivity contribution in [2.24, 2.45) is 7.05 Å². The third-order valence-corrected chi connectivity index (χ3v) is 5.50. The summed E-state index contributed by atoms with van der Waals surface area (Å²) in [5.74, 6) is 0.878. The molecule has 2 atom stereocenters. The van der Waals surface area contributed by atoms with Gasteiger partial charge < -0.3 is 13.8 Å². The molecule has 0 N–H and O–H groups in total. The molecule has 31 heavy (non-hydrogen) atoms. The Hall–Kier alpha value is -3.84. The minimum atomic E-state index is -0.302. The highest BCUT2D eigenvalue weighted by molar-refractivity contribution is 5.78. The standard InChI is InChI=1S/C21H19N7O3/c1-12-3-5-13(6-4-12)16-7-14(10-30-16)20-24-17(31-26-20)9-28-19-18(15(8-22)25-28)23-11-27(2)21(19)29/h3-6,11,14,16H,7,9-10H2,1-2H3/t14-,16+/m0/s1. The number of aryl methyl sites for hydroxylation is 2. The van der Waals surface area contributed by atoms with E-state index in [1.165, 1.54) is 21.1 Å². The number of rotatable bonds is 4. The highest BCUT2D eigenvalue weighted by Crippen LogP contribution is 2.37. The Balaban J connectivity index is 1.38. The quantitative estimate of drug-likeness (QED) is 0.494. The van der Waals surface area contributed by atoms with Crippen LogP contribution in [0, 0.1) is 18.3 Å². The number of ether oxygens (including phenoxy) is 1. The predicted octanol–water partition coefficient (Wildman–Crippen LogP) is 1.99. The first-order valence-corrected chi connectivity index (χ1v) is 9.86. The van der Waals surface area contributed by atoms with E-state index in [4.69, 9.17) is 9.26 Å². The van der Waals surface area contributed by atoms with Crippen LogP contribution in [0.1, 0.15) is 47.0 Å². The molecule has 0 unspecified atom stereocenters. The molecule has 1 aliphatic rings. The van der Waals surface area contributed by atoms with Crippen molar-refractivity contribution in [3.05, 3.63) is 69.5 Å². The molecule has 0 bridgehead atoms. The zero-order chi connectivity index (χ0) is 21.5. The third kappa shape index (κ3) is 3.39. The van der Waals surface area contributed by atoms with Crippen molar-refractivity contribution in [3.8, 4) is 6.07 Å². The Morgan fingerprint density at radius 1 is 1.29 bits per heavy atom. The highest BCUT2D eigenvalue weighted by Gasteiger charge is 2.31. The summed E-state index contributed by atoms with van der Waals surface area (Å²) in [4.78, 5) is 21.2. The smallest absolute Gasteiger partial charge is 0.279 e. The van der Waals surface area contributed by atoms with Crippen LogP contribution in [0.5, 0.6) is 0 Å². The lowest BCUT2D eigenvalue weighted by molar-refractivity contribution is 0.110. The molecular weight excluding hydrogens is 398 g/mol. The van der Waals surface area contributed by atoms with E-state index in [1.54, 1.807) is 7.05 Å². The van der Waals surface area contributed by atoms with Crippen molar-refractivity contribution >= 4 is 11.0 Å². The van der Waals surface area contributed by atoms with E-state index in [9.17, 15) is 10.1 Å². The van der Waals surface area contributed by atoms with E-state index in [0.29, 0.717) is 18.3 Å². The molecule has 4 heterocycles. The second-order valence-corrected chi connectivity index (χ2v) is 7.69. The first-order chi connectivity index (χ1) is 15.0. The number of nitriles is 1. The lowest BCUT2D eigenvalue weighted by atomic mass is 9.99. The largest absolute Gasteiger partial charge is 0.373 e. The normalized spacial score (nSPS) is 18.5. The summed E-state index contributed by atoms with van der Waals surface area (Å²) in [7, 11) is 1.59. The lowest BCUT2D eigenvalue weighted by Crippen LogP contribution is -2.20. The van der Waals surface area contributed by atoms with Crippen LogP contribution in [0.15, 0.2) is 39.9 Å². The first-order valence-electron chi connectivity index (χ1n) is 9.86. The Morgan fingerprint density at radius 3 is 2.87 bits per heavy atom. The molecule has 1 aliphatic heterocycles. The number of fused-ring (bicyclic) bond motifs is 1. The maximum Gasteiger partial charge on any atom is 0.279 e. The fraction of sp³-hybridized carbons (Fsp3) is 0.333. The van der Waals surface area contributed by atoms with Gasteiger partial charge in [-0.2, -0.15) is 15.3 Å². The monoisotopic (exact) mass is 417 g/mol. The topological polar surface area (TPSA) is 125 Å². The summed E-state index contributed by atoms with van der Waals surface area (Å²) in [5, 5.41) is 17.6. The van der Waals surface area contributed by atoms with Crippen LogP contribution in [-0.2, 0) is 18.3 Å². The molecule has 0 spiro atoms. The molecule has 0 amide bonds. The summed E-state index contributed by atoms with van der Waals surface area (Å²) >= 11 is 0. The van der Waals surface area contributed by atoms with Gasteiger partial charge in [-0.15, -0.1) is 0 Å². The van der Waals surface area contributed by atoms with Gasteiger partial charge in [-0.3, -0.25) is 4.79 Å². The minimum Gasteiger partial charge on any atom is -0.373 e. The number of hydrogen-bond donors (Lipinski definition) is 0. The molecule has 1 aromatic carbocycles. The van der Waals surface area contributed by atoms with Crippen molar-refractivity contribution in [2.75, 3.05) is 6.61 Å². The van der Waals surface area contributed by atoms with Gasteiger partial charge in [0, 0.05) is 13.0 Å². The molecule has 10 nitrogen and oxygen atoms in total.